The van der Waals surface area contributed by atoms with Crippen molar-refractivity contribution in [2.45, 2.75) is 38.3 Å². The van der Waals surface area contributed by atoms with Crippen molar-refractivity contribution >= 4 is 22.7 Å². The average molecular weight is 476 g/mol. The summed E-state index contributed by atoms with van der Waals surface area (Å²) in [7, 11) is 0. The molecule has 0 unspecified atom stereocenters. The van der Waals surface area contributed by atoms with Crippen LogP contribution < -0.4 is 5.32 Å². The van der Waals surface area contributed by atoms with E-state index in [0.717, 1.165) is 52.5 Å². The second-order valence-electron chi connectivity index (χ2n) is 9.82. The number of likely N-dealkylation sites (tertiary alicyclic amines) is 1. The zero-order chi connectivity index (χ0) is 24.5. The van der Waals surface area contributed by atoms with Gasteiger partial charge in [0.05, 0.1) is 22.8 Å². The number of benzene rings is 3. The first kappa shape index (κ1) is 22.5. The van der Waals surface area contributed by atoms with Crippen LogP contribution in [0.1, 0.15) is 53.2 Å². The van der Waals surface area contributed by atoms with Crippen molar-refractivity contribution in [2.24, 2.45) is 5.92 Å². The van der Waals surface area contributed by atoms with Crippen molar-refractivity contribution in [1.29, 1.82) is 0 Å². The lowest BCUT2D eigenvalue weighted by Crippen LogP contribution is -2.32. The Hall–Kier alpha value is -3.99. The molecule has 2 fully saturated rings. The molecule has 2 aliphatic rings. The predicted octanol–water partition coefficient (Wildman–Crippen LogP) is 5.91. The van der Waals surface area contributed by atoms with Crippen LogP contribution in [0.25, 0.3) is 22.2 Å². The van der Waals surface area contributed by atoms with Crippen molar-refractivity contribution in [3.63, 3.8) is 0 Å². The number of nitrogens with one attached hydrogen (secondary N) is 1. The highest BCUT2D eigenvalue weighted by molar-refractivity contribution is 6.09. The molecule has 6 rings (SSSR count). The lowest BCUT2D eigenvalue weighted by atomic mass is 9.94. The standard InChI is InChI=1S/C31H29N3O2/c35-27-16-9-19-34(27)20-25-28(31(36)33-29(23-17-18-23)21-10-3-1-4-11-21)24-14-7-8-15-26(24)32-30(25)22-12-5-2-6-13-22/h1-8,10-15,23,29H,9,16-20H2,(H,33,36)/t29-/m1/s1. The van der Waals surface area contributed by atoms with Crippen LogP contribution in [-0.2, 0) is 11.3 Å². The maximum atomic E-state index is 14.2. The molecule has 0 radical (unpaired) electrons. The molecule has 1 aromatic heterocycles. The van der Waals surface area contributed by atoms with Crippen molar-refractivity contribution in [2.75, 3.05) is 6.54 Å². The zero-order valence-electron chi connectivity index (χ0n) is 20.2. The molecular weight excluding hydrogens is 446 g/mol. The number of fused-ring (bicyclic) bond motifs is 1. The van der Waals surface area contributed by atoms with Crippen LogP contribution in [0, 0.1) is 5.92 Å². The summed E-state index contributed by atoms with van der Waals surface area (Å²) < 4.78 is 0. The third kappa shape index (κ3) is 4.37. The number of para-hydroxylation sites is 1. The Kier molecular flexibility index (Phi) is 5.98. The first-order chi connectivity index (χ1) is 17.7. The number of rotatable bonds is 7. The van der Waals surface area contributed by atoms with Crippen LogP contribution in [0.3, 0.4) is 0 Å². The van der Waals surface area contributed by atoms with E-state index in [-0.39, 0.29) is 17.9 Å². The largest absolute Gasteiger partial charge is 0.345 e. The van der Waals surface area contributed by atoms with Crippen molar-refractivity contribution in [3.05, 3.63) is 102 Å². The Bertz CT molecular complexity index is 1410. The van der Waals surface area contributed by atoms with Crippen LogP contribution in [0.2, 0.25) is 0 Å². The summed E-state index contributed by atoms with van der Waals surface area (Å²) >= 11 is 0. The summed E-state index contributed by atoms with van der Waals surface area (Å²) in [6, 6.07) is 28.0. The molecule has 1 saturated heterocycles. The number of nitrogens with zero attached hydrogens (tertiary/aromatic N) is 2. The summed E-state index contributed by atoms with van der Waals surface area (Å²) in [6.45, 7) is 1.08. The van der Waals surface area contributed by atoms with Gasteiger partial charge in [0.25, 0.3) is 5.91 Å². The third-order valence-electron chi connectivity index (χ3n) is 7.33. The number of pyridine rings is 1. The maximum absolute atomic E-state index is 14.2. The molecule has 5 heteroatoms. The van der Waals surface area contributed by atoms with Crippen LogP contribution in [0.4, 0.5) is 0 Å². The highest BCUT2D eigenvalue weighted by Gasteiger charge is 2.35. The van der Waals surface area contributed by atoms with E-state index in [9.17, 15) is 9.59 Å². The van der Waals surface area contributed by atoms with E-state index in [1.807, 2.05) is 77.7 Å². The minimum atomic E-state index is -0.104. The van der Waals surface area contributed by atoms with Gasteiger partial charge < -0.3 is 10.2 Å². The fourth-order valence-corrected chi connectivity index (χ4v) is 5.34. The molecule has 36 heavy (non-hydrogen) atoms. The molecule has 1 aliphatic carbocycles. The monoisotopic (exact) mass is 475 g/mol. The fraction of sp³-hybridized carbons (Fsp3) is 0.258. The summed E-state index contributed by atoms with van der Waals surface area (Å²) in [5, 5.41) is 4.21. The zero-order valence-corrected chi connectivity index (χ0v) is 20.2. The summed E-state index contributed by atoms with van der Waals surface area (Å²) in [4.78, 5) is 33.7. The van der Waals surface area contributed by atoms with E-state index in [0.29, 0.717) is 31.0 Å². The second kappa shape index (κ2) is 9.57. The summed E-state index contributed by atoms with van der Waals surface area (Å²) in [6.07, 6.45) is 3.63. The van der Waals surface area contributed by atoms with E-state index in [1.165, 1.54) is 0 Å². The van der Waals surface area contributed by atoms with E-state index in [4.69, 9.17) is 4.98 Å². The number of amides is 2. The van der Waals surface area contributed by atoms with Gasteiger partial charge in [0.15, 0.2) is 0 Å². The molecule has 1 saturated carbocycles. The number of carbonyl (C=O) groups excluding carboxylic acids is 2. The van der Waals surface area contributed by atoms with Gasteiger partial charge in [0.1, 0.15) is 0 Å². The summed E-state index contributed by atoms with van der Waals surface area (Å²) in [5.41, 5.74) is 5.06. The first-order valence-electron chi connectivity index (χ1n) is 12.8. The van der Waals surface area contributed by atoms with Gasteiger partial charge in [-0.1, -0.05) is 78.9 Å². The molecular formula is C31H29N3O2. The SMILES string of the molecule is O=C(N[C@H](c1ccccc1)C1CC1)c1c(CN2CCCC2=O)c(-c2ccccc2)nc2ccccc12. The quantitative estimate of drug-likeness (QED) is 0.362. The molecule has 1 atom stereocenters. The van der Waals surface area contributed by atoms with Crippen LogP contribution in [-0.4, -0.2) is 28.2 Å². The Morgan fingerprint density at radius 1 is 0.944 bits per heavy atom. The van der Waals surface area contributed by atoms with E-state index in [2.05, 4.69) is 17.4 Å². The Labute approximate surface area is 211 Å². The van der Waals surface area contributed by atoms with Crippen LogP contribution in [0.5, 0.6) is 0 Å². The molecule has 4 aromatic rings. The Morgan fingerprint density at radius 2 is 1.64 bits per heavy atom. The minimum Gasteiger partial charge on any atom is -0.345 e. The van der Waals surface area contributed by atoms with Gasteiger partial charge in [-0.3, -0.25) is 9.59 Å². The number of hydrogen-bond donors (Lipinski definition) is 1. The lowest BCUT2D eigenvalue weighted by molar-refractivity contribution is -0.128. The van der Waals surface area contributed by atoms with Gasteiger partial charge in [-0.05, 0) is 36.8 Å². The molecule has 2 heterocycles. The van der Waals surface area contributed by atoms with Gasteiger partial charge >= 0.3 is 0 Å². The van der Waals surface area contributed by atoms with Crippen molar-refractivity contribution in [1.82, 2.24) is 15.2 Å². The topological polar surface area (TPSA) is 62.3 Å². The molecule has 0 bridgehead atoms. The normalized spacial score (nSPS) is 16.3. The van der Waals surface area contributed by atoms with Crippen molar-refractivity contribution in [3.8, 4) is 11.3 Å². The third-order valence-corrected chi connectivity index (χ3v) is 7.33. The van der Waals surface area contributed by atoms with Gasteiger partial charge in [-0.25, -0.2) is 4.98 Å². The number of aromatic nitrogens is 1. The Morgan fingerprint density at radius 3 is 2.33 bits per heavy atom. The average Bonchev–Trinajstić information content (AvgIpc) is 3.69. The highest BCUT2D eigenvalue weighted by Crippen LogP contribution is 2.41. The van der Waals surface area contributed by atoms with Gasteiger partial charge in [-0.2, -0.15) is 0 Å². The predicted molar refractivity (Wildman–Crippen MR) is 141 cm³/mol. The maximum Gasteiger partial charge on any atom is 0.252 e. The molecule has 1 N–H and O–H groups in total. The first-order valence-corrected chi connectivity index (χ1v) is 12.8. The number of hydrogen-bond acceptors (Lipinski definition) is 3. The van der Waals surface area contributed by atoms with E-state index in [1.54, 1.807) is 0 Å². The smallest absolute Gasteiger partial charge is 0.252 e. The molecule has 1 aliphatic heterocycles. The van der Waals surface area contributed by atoms with Gasteiger partial charge in [-0.15, -0.1) is 0 Å². The number of carbonyl (C=O) groups is 2. The van der Waals surface area contributed by atoms with Gasteiger partial charge in [0.2, 0.25) is 5.91 Å². The van der Waals surface area contributed by atoms with Gasteiger partial charge in [0, 0.05) is 36.0 Å². The highest BCUT2D eigenvalue weighted by atomic mass is 16.2. The molecule has 0 spiro atoms. The molecule has 3 aromatic carbocycles. The molecule has 180 valence electrons. The van der Waals surface area contributed by atoms with Crippen molar-refractivity contribution < 1.29 is 9.59 Å². The second-order valence-corrected chi connectivity index (χ2v) is 9.82. The lowest BCUT2D eigenvalue weighted by Gasteiger charge is -2.24. The van der Waals surface area contributed by atoms with Crippen LogP contribution >= 0.6 is 0 Å². The molecule has 2 amide bonds. The van der Waals surface area contributed by atoms with E-state index < -0.39 is 0 Å². The van der Waals surface area contributed by atoms with E-state index >= 15 is 0 Å². The van der Waals surface area contributed by atoms with Crippen LogP contribution in [0.15, 0.2) is 84.9 Å². The minimum absolute atomic E-state index is 0.0351. The fourth-order valence-electron chi connectivity index (χ4n) is 5.34. The molecule has 5 nitrogen and oxygen atoms in total. The Balaban J connectivity index is 1.50. The summed E-state index contributed by atoms with van der Waals surface area (Å²) in [5.74, 6) is 0.475.